The molecule has 0 radical (unpaired) electrons. The monoisotopic (exact) mass is 195 g/mol. The van der Waals surface area contributed by atoms with Crippen LogP contribution in [-0.4, -0.2) is 27.4 Å². The van der Waals surface area contributed by atoms with Gasteiger partial charge in [-0.2, -0.15) is 0 Å². The van der Waals surface area contributed by atoms with Gasteiger partial charge < -0.3 is 19.5 Å². The predicted molar refractivity (Wildman–Crippen MR) is 53.5 cm³/mol. The van der Waals surface area contributed by atoms with E-state index in [4.69, 9.17) is 14.2 Å². The molecule has 0 unspecified atom stereocenters. The van der Waals surface area contributed by atoms with Crippen molar-refractivity contribution in [1.29, 1.82) is 0 Å². The first-order valence-electron chi connectivity index (χ1n) is 4.50. The Labute approximate surface area is 82.8 Å². The Morgan fingerprint density at radius 2 is 2.07 bits per heavy atom. The zero-order valence-corrected chi connectivity index (χ0v) is 8.29. The van der Waals surface area contributed by atoms with Gasteiger partial charge in [-0.05, 0) is 0 Å². The van der Waals surface area contributed by atoms with Crippen molar-refractivity contribution in [2.24, 2.45) is 0 Å². The first kappa shape index (κ1) is 8.99. The number of benzene rings is 1. The van der Waals surface area contributed by atoms with E-state index in [0.717, 1.165) is 11.4 Å². The summed E-state index contributed by atoms with van der Waals surface area (Å²) in [6.07, 6.45) is 0. The standard InChI is InChI=1S/C10H13NO3/c1-11-7-5-8(12-2)10-9(6-7)13-3-4-14-10/h5-6,11H,3-4H2,1-2H3. The summed E-state index contributed by atoms with van der Waals surface area (Å²) in [7, 11) is 3.47. The van der Waals surface area contributed by atoms with Crippen LogP contribution in [0, 0.1) is 0 Å². The van der Waals surface area contributed by atoms with E-state index in [9.17, 15) is 0 Å². The molecular weight excluding hydrogens is 182 g/mol. The molecule has 0 saturated carbocycles. The normalized spacial score (nSPS) is 13.6. The maximum atomic E-state index is 5.47. The number of hydrogen-bond donors (Lipinski definition) is 1. The molecule has 2 rings (SSSR count). The van der Waals surface area contributed by atoms with Crippen molar-refractivity contribution in [3.8, 4) is 17.2 Å². The van der Waals surface area contributed by atoms with E-state index < -0.39 is 0 Å². The van der Waals surface area contributed by atoms with Gasteiger partial charge in [-0.25, -0.2) is 0 Å². The van der Waals surface area contributed by atoms with Crippen LogP contribution in [0.4, 0.5) is 5.69 Å². The minimum Gasteiger partial charge on any atom is -0.493 e. The van der Waals surface area contributed by atoms with Crippen molar-refractivity contribution < 1.29 is 14.2 Å². The molecule has 0 aromatic heterocycles. The third-order valence-electron chi connectivity index (χ3n) is 2.12. The maximum Gasteiger partial charge on any atom is 0.203 e. The summed E-state index contributed by atoms with van der Waals surface area (Å²) in [6, 6.07) is 3.78. The van der Waals surface area contributed by atoms with Gasteiger partial charge in [0.05, 0.1) is 7.11 Å². The minimum atomic E-state index is 0.572. The topological polar surface area (TPSA) is 39.7 Å². The molecule has 4 heteroatoms. The lowest BCUT2D eigenvalue weighted by Gasteiger charge is -2.21. The molecule has 1 heterocycles. The molecule has 1 aromatic rings. The van der Waals surface area contributed by atoms with Crippen LogP contribution in [-0.2, 0) is 0 Å². The second-order valence-corrected chi connectivity index (χ2v) is 2.95. The highest BCUT2D eigenvalue weighted by Gasteiger charge is 2.17. The molecule has 76 valence electrons. The Bertz CT molecular complexity index is 321. The molecule has 1 aliphatic heterocycles. The molecule has 1 aliphatic rings. The van der Waals surface area contributed by atoms with Gasteiger partial charge in [-0.1, -0.05) is 0 Å². The van der Waals surface area contributed by atoms with Crippen molar-refractivity contribution in [2.75, 3.05) is 32.7 Å². The Hall–Kier alpha value is -1.58. The third kappa shape index (κ3) is 1.43. The smallest absolute Gasteiger partial charge is 0.203 e. The molecule has 0 bridgehead atoms. The van der Waals surface area contributed by atoms with E-state index >= 15 is 0 Å². The summed E-state index contributed by atoms with van der Waals surface area (Å²) >= 11 is 0. The summed E-state index contributed by atoms with van der Waals surface area (Å²) in [4.78, 5) is 0. The van der Waals surface area contributed by atoms with Crippen molar-refractivity contribution in [1.82, 2.24) is 0 Å². The highest BCUT2D eigenvalue weighted by atomic mass is 16.6. The highest BCUT2D eigenvalue weighted by Crippen LogP contribution is 2.41. The van der Waals surface area contributed by atoms with Crippen molar-refractivity contribution in [2.45, 2.75) is 0 Å². The molecule has 0 aliphatic carbocycles. The number of methoxy groups -OCH3 is 1. The highest BCUT2D eigenvalue weighted by molar-refractivity contribution is 5.62. The van der Waals surface area contributed by atoms with Gasteiger partial charge in [-0.15, -0.1) is 0 Å². The molecule has 0 saturated heterocycles. The maximum absolute atomic E-state index is 5.47. The molecule has 4 nitrogen and oxygen atoms in total. The van der Waals surface area contributed by atoms with E-state index in [1.165, 1.54) is 0 Å². The summed E-state index contributed by atoms with van der Waals surface area (Å²) in [5.74, 6) is 2.13. The van der Waals surface area contributed by atoms with Crippen LogP contribution in [0.1, 0.15) is 0 Å². The van der Waals surface area contributed by atoms with E-state index in [1.807, 2.05) is 19.2 Å². The van der Waals surface area contributed by atoms with Gasteiger partial charge in [0, 0.05) is 24.9 Å². The van der Waals surface area contributed by atoms with Crippen LogP contribution in [0.3, 0.4) is 0 Å². The van der Waals surface area contributed by atoms with Crippen LogP contribution < -0.4 is 19.5 Å². The molecule has 0 spiro atoms. The fraction of sp³-hybridized carbons (Fsp3) is 0.400. The Morgan fingerprint density at radius 1 is 1.29 bits per heavy atom. The molecule has 0 atom stereocenters. The van der Waals surface area contributed by atoms with Gasteiger partial charge in [0.1, 0.15) is 13.2 Å². The Kier molecular flexibility index (Phi) is 2.35. The fourth-order valence-corrected chi connectivity index (χ4v) is 1.42. The van der Waals surface area contributed by atoms with Crippen LogP contribution >= 0.6 is 0 Å². The zero-order chi connectivity index (χ0) is 9.97. The fourth-order valence-electron chi connectivity index (χ4n) is 1.42. The second-order valence-electron chi connectivity index (χ2n) is 2.95. The Morgan fingerprint density at radius 3 is 2.79 bits per heavy atom. The lowest BCUT2D eigenvalue weighted by Crippen LogP contribution is -2.16. The Balaban J connectivity index is 2.47. The molecule has 0 fully saturated rings. The number of anilines is 1. The van der Waals surface area contributed by atoms with Gasteiger partial charge >= 0.3 is 0 Å². The number of nitrogens with one attached hydrogen (secondary N) is 1. The SMILES string of the molecule is CNc1cc(OC)c2c(c1)OCCO2. The van der Waals surface area contributed by atoms with E-state index in [-0.39, 0.29) is 0 Å². The van der Waals surface area contributed by atoms with E-state index in [2.05, 4.69) is 5.32 Å². The summed E-state index contributed by atoms with van der Waals surface area (Å²) in [5.41, 5.74) is 0.950. The number of rotatable bonds is 2. The van der Waals surface area contributed by atoms with Crippen LogP contribution in [0.5, 0.6) is 17.2 Å². The largest absolute Gasteiger partial charge is 0.493 e. The van der Waals surface area contributed by atoms with Gasteiger partial charge in [-0.3, -0.25) is 0 Å². The molecule has 0 amide bonds. The third-order valence-corrected chi connectivity index (χ3v) is 2.12. The quantitative estimate of drug-likeness (QED) is 0.776. The molecule has 1 aromatic carbocycles. The average Bonchev–Trinajstić information content (AvgIpc) is 2.27. The second kappa shape index (κ2) is 3.65. The van der Waals surface area contributed by atoms with Gasteiger partial charge in [0.25, 0.3) is 0 Å². The van der Waals surface area contributed by atoms with Crippen molar-refractivity contribution in [3.63, 3.8) is 0 Å². The van der Waals surface area contributed by atoms with E-state index in [0.29, 0.717) is 24.7 Å². The number of hydrogen-bond acceptors (Lipinski definition) is 4. The first-order valence-corrected chi connectivity index (χ1v) is 4.50. The lowest BCUT2D eigenvalue weighted by molar-refractivity contribution is 0.165. The minimum absolute atomic E-state index is 0.572. The zero-order valence-electron chi connectivity index (χ0n) is 8.29. The summed E-state index contributed by atoms with van der Waals surface area (Å²) in [5, 5.41) is 3.04. The van der Waals surface area contributed by atoms with Crippen LogP contribution in [0.15, 0.2) is 12.1 Å². The average molecular weight is 195 g/mol. The van der Waals surface area contributed by atoms with Gasteiger partial charge in [0.15, 0.2) is 11.5 Å². The molecule has 1 N–H and O–H groups in total. The molecular formula is C10H13NO3. The lowest BCUT2D eigenvalue weighted by atomic mass is 10.2. The summed E-state index contributed by atoms with van der Waals surface area (Å²) in [6.45, 7) is 1.16. The predicted octanol–water partition coefficient (Wildman–Crippen LogP) is 1.51. The van der Waals surface area contributed by atoms with Crippen molar-refractivity contribution in [3.05, 3.63) is 12.1 Å². The van der Waals surface area contributed by atoms with Crippen LogP contribution in [0.2, 0.25) is 0 Å². The first-order chi connectivity index (χ1) is 6.85. The van der Waals surface area contributed by atoms with Crippen LogP contribution in [0.25, 0.3) is 0 Å². The van der Waals surface area contributed by atoms with Crippen molar-refractivity contribution >= 4 is 5.69 Å². The summed E-state index contributed by atoms with van der Waals surface area (Å²) < 4.78 is 16.1. The molecule has 14 heavy (non-hydrogen) atoms. The van der Waals surface area contributed by atoms with Gasteiger partial charge in [0.2, 0.25) is 5.75 Å². The number of fused-ring (bicyclic) bond motifs is 1. The number of ether oxygens (including phenoxy) is 3. The van der Waals surface area contributed by atoms with E-state index in [1.54, 1.807) is 7.11 Å².